The Morgan fingerprint density at radius 3 is 2.95 bits per heavy atom. The first-order valence-electron chi connectivity index (χ1n) is 6.62. The number of nitrogens with one attached hydrogen (secondary N) is 1. The van der Waals surface area contributed by atoms with Crippen LogP contribution in [0.25, 0.3) is 0 Å². The average molecular weight is 274 g/mol. The molecule has 6 heteroatoms. The van der Waals surface area contributed by atoms with Gasteiger partial charge in [-0.1, -0.05) is 12.1 Å². The Balaban J connectivity index is 1.82. The van der Waals surface area contributed by atoms with Crippen molar-refractivity contribution >= 4 is 11.4 Å². The Morgan fingerprint density at radius 1 is 1.40 bits per heavy atom. The van der Waals surface area contributed by atoms with Gasteiger partial charge in [0.15, 0.2) is 0 Å². The van der Waals surface area contributed by atoms with Gasteiger partial charge in [0.1, 0.15) is 5.69 Å². The summed E-state index contributed by atoms with van der Waals surface area (Å²) in [6, 6.07) is 5.33. The normalized spacial score (nSPS) is 10.4. The molecule has 0 unspecified atom stereocenters. The summed E-state index contributed by atoms with van der Waals surface area (Å²) in [5.41, 5.74) is 1.44. The van der Waals surface area contributed by atoms with Crippen molar-refractivity contribution in [1.82, 2.24) is 9.55 Å². The number of anilines is 1. The zero-order chi connectivity index (χ0) is 14.4. The third-order valence-electron chi connectivity index (χ3n) is 3.14. The van der Waals surface area contributed by atoms with Crippen LogP contribution in [0.3, 0.4) is 0 Å². The van der Waals surface area contributed by atoms with E-state index in [1.807, 2.05) is 16.8 Å². The average Bonchev–Trinajstić information content (AvgIpc) is 2.91. The van der Waals surface area contributed by atoms with Crippen LogP contribution in [0.15, 0.2) is 36.9 Å². The molecule has 1 heterocycles. The van der Waals surface area contributed by atoms with Crippen LogP contribution in [-0.4, -0.2) is 21.0 Å². The van der Waals surface area contributed by atoms with E-state index in [2.05, 4.69) is 10.3 Å². The largest absolute Gasteiger partial charge is 0.379 e. The molecule has 0 aliphatic rings. The molecule has 20 heavy (non-hydrogen) atoms. The lowest BCUT2D eigenvalue weighted by atomic mass is 10.1. The van der Waals surface area contributed by atoms with Gasteiger partial charge < -0.3 is 9.88 Å². The van der Waals surface area contributed by atoms with E-state index in [-0.39, 0.29) is 10.6 Å². The molecule has 0 saturated heterocycles. The maximum absolute atomic E-state index is 11.0. The molecule has 0 atom stereocenters. The van der Waals surface area contributed by atoms with Gasteiger partial charge in [-0.15, -0.1) is 0 Å². The summed E-state index contributed by atoms with van der Waals surface area (Å²) in [7, 11) is 0. The Hall–Kier alpha value is -2.37. The second kappa shape index (κ2) is 6.70. The highest BCUT2D eigenvalue weighted by atomic mass is 16.6. The number of nitro benzene ring substituents is 1. The van der Waals surface area contributed by atoms with Gasteiger partial charge in [0.05, 0.1) is 11.3 Å². The predicted molar refractivity (Wildman–Crippen MR) is 77.8 cm³/mol. The summed E-state index contributed by atoms with van der Waals surface area (Å²) in [4.78, 5) is 14.7. The second-order valence-corrected chi connectivity index (χ2v) is 4.66. The highest BCUT2D eigenvalue weighted by Gasteiger charge is 2.15. The van der Waals surface area contributed by atoms with Crippen LogP contribution in [0, 0.1) is 17.0 Å². The molecule has 0 bridgehead atoms. The van der Waals surface area contributed by atoms with E-state index >= 15 is 0 Å². The van der Waals surface area contributed by atoms with Crippen LogP contribution in [0.4, 0.5) is 11.4 Å². The number of aryl methyl sites for hydroxylation is 2. The molecule has 0 radical (unpaired) electrons. The quantitative estimate of drug-likeness (QED) is 0.478. The highest BCUT2D eigenvalue weighted by Crippen LogP contribution is 2.27. The molecule has 1 aromatic heterocycles. The molecule has 2 rings (SSSR count). The lowest BCUT2D eigenvalue weighted by Crippen LogP contribution is -2.06. The lowest BCUT2D eigenvalue weighted by Gasteiger charge is -2.08. The van der Waals surface area contributed by atoms with E-state index in [4.69, 9.17) is 0 Å². The first kappa shape index (κ1) is 14.0. The Morgan fingerprint density at radius 2 is 2.25 bits per heavy atom. The van der Waals surface area contributed by atoms with E-state index < -0.39 is 0 Å². The minimum absolute atomic E-state index is 0.169. The van der Waals surface area contributed by atoms with E-state index in [0.29, 0.717) is 11.3 Å². The fourth-order valence-corrected chi connectivity index (χ4v) is 2.11. The molecule has 1 aromatic carbocycles. The van der Waals surface area contributed by atoms with Crippen molar-refractivity contribution in [2.24, 2.45) is 0 Å². The first-order valence-corrected chi connectivity index (χ1v) is 6.62. The number of nitrogens with zero attached hydrogens (tertiary/aromatic N) is 3. The second-order valence-electron chi connectivity index (χ2n) is 4.66. The van der Waals surface area contributed by atoms with Gasteiger partial charge in [-0.05, 0) is 25.8 Å². The van der Waals surface area contributed by atoms with Gasteiger partial charge in [0.2, 0.25) is 0 Å². The number of rotatable bonds is 7. The van der Waals surface area contributed by atoms with Gasteiger partial charge in [-0.2, -0.15) is 0 Å². The van der Waals surface area contributed by atoms with Crippen molar-refractivity contribution in [3.8, 4) is 0 Å². The molecule has 2 aromatic rings. The van der Waals surface area contributed by atoms with Crippen LogP contribution in [-0.2, 0) is 6.54 Å². The SMILES string of the molecule is Cc1cccc(NCCCCn2ccnc2)c1[N+](=O)[O-]. The van der Waals surface area contributed by atoms with Crippen molar-refractivity contribution in [3.63, 3.8) is 0 Å². The van der Waals surface area contributed by atoms with Gasteiger partial charge >= 0.3 is 0 Å². The number of imidazole rings is 1. The van der Waals surface area contributed by atoms with Crippen molar-refractivity contribution in [1.29, 1.82) is 0 Å². The van der Waals surface area contributed by atoms with E-state index in [1.165, 1.54) is 0 Å². The highest BCUT2D eigenvalue weighted by molar-refractivity contribution is 5.64. The molecule has 0 saturated carbocycles. The van der Waals surface area contributed by atoms with Crippen LogP contribution in [0.1, 0.15) is 18.4 Å². The Labute approximate surface area is 117 Å². The number of benzene rings is 1. The fraction of sp³-hybridized carbons (Fsp3) is 0.357. The molecule has 0 fully saturated rings. The molecule has 0 aliphatic carbocycles. The molecule has 0 spiro atoms. The summed E-state index contributed by atoms with van der Waals surface area (Å²) in [6.07, 6.45) is 7.43. The van der Waals surface area contributed by atoms with Crippen molar-refractivity contribution in [3.05, 3.63) is 52.6 Å². The third-order valence-corrected chi connectivity index (χ3v) is 3.14. The summed E-state index contributed by atoms with van der Waals surface area (Å²) in [5.74, 6) is 0. The van der Waals surface area contributed by atoms with E-state index in [0.717, 1.165) is 25.9 Å². The van der Waals surface area contributed by atoms with Gasteiger partial charge in [-0.3, -0.25) is 10.1 Å². The number of unbranched alkanes of at least 4 members (excludes halogenated alkanes) is 1. The van der Waals surface area contributed by atoms with Gasteiger partial charge in [0, 0.05) is 31.0 Å². The molecule has 6 nitrogen and oxygen atoms in total. The number of para-hydroxylation sites is 1. The summed E-state index contributed by atoms with van der Waals surface area (Å²) >= 11 is 0. The van der Waals surface area contributed by atoms with E-state index in [1.54, 1.807) is 31.6 Å². The molecule has 0 aliphatic heterocycles. The molecule has 0 amide bonds. The topological polar surface area (TPSA) is 73.0 Å². The zero-order valence-corrected chi connectivity index (χ0v) is 11.5. The number of hydrogen-bond donors (Lipinski definition) is 1. The van der Waals surface area contributed by atoms with Crippen LogP contribution >= 0.6 is 0 Å². The molecule has 106 valence electrons. The minimum Gasteiger partial charge on any atom is -0.379 e. The minimum atomic E-state index is -0.330. The maximum Gasteiger partial charge on any atom is 0.295 e. The molecular weight excluding hydrogens is 256 g/mol. The zero-order valence-electron chi connectivity index (χ0n) is 11.5. The summed E-state index contributed by atoms with van der Waals surface area (Å²) < 4.78 is 2.02. The molecule has 1 N–H and O–H groups in total. The third kappa shape index (κ3) is 3.57. The van der Waals surface area contributed by atoms with Crippen LogP contribution < -0.4 is 5.32 Å². The number of hydrogen-bond acceptors (Lipinski definition) is 4. The van der Waals surface area contributed by atoms with Crippen LogP contribution in [0.5, 0.6) is 0 Å². The first-order chi connectivity index (χ1) is 9.68. The number of aromatic nitrogens is 2. The summed E-state index contributed by atoms with van der Waals surface area (Å²) in [6.45, 7) is 3.39. The Bertz CT molecular complexity index is 567. The lowest BCUT2D eigenvalue weighted by molar-refractivity contribution is -0.384. The maximum atomic E-state index is 11.0. The van der Waals surface area contributed by atoms with Crippen molar-refractivity contribution in [2.45, 2.75) is 26.3 Å². The molecular formula is C14H18N4O2. The Kier molecular flexibility index (Phi) is 4.70. The fourth-order valence-electron chi connectivity index (χ4n) is 2.11. The monoisotopic (exact) mass is 274 g/mol. The van der Waals surface area contributed by atoms with E-state index in [9.17, 15) is 10.1 Å². The van der Waals surface area contributed by atoms with Gasteiger partial charge in [0.25, 0.3) is 5.69 Å². The standard InChI is InChI=1S/C14H18N4O2/c1-12-5-4-6-13(14(12)18(19)20)16-7-2-3-9-17-10-8-15-11-17/h4-6,8,10-11,16H,2-3,7,9H2,1H3. The van der Waals surface area contributed by atoms with Crippen molar-refractivity contribution in [2.75, 3.05) is 11.9 Å². The summed E-state index contributed by atoms with van der Waals surface area (Å²) in [5, 5.41) is 14.2. The van der Waals surface area contributed by atoms with Crippen LogP contribution in [0.2, 0.25) is 0 Å². The number of nitro groups is 1. The predicted octanol–water partition coefficient (Wildman–Crippen LogP) is 2.99. The van der Waals surface area contributed by atoms with Gasteiger partial charge in [-0.25, -0.2) is 4.98 Å². The smallest absolute Gasteiger partial charge is 0.295 e. The van der Waals surface area contributed by atoms with Crippen molar-refractivity contribution < 1.29 is 4.92 Å².